The molecule has 1 aromatic heterocycles. The van der Waals surface area contributed by atoms with E-state index >= 15 is 0 Å². The van der Waals surface area contributed by atoms with Gasteiger partial charge in [0.2, 0.25) is 5.91 Å². The molecule has 1 amide bonds. The van der Waals surface area contributed by atoms with Gasteiger partial charge in [-0.1, -0.05) is 75.0 Å². The molecule has 0 bridgehead atoms. The molecule has 3 aromatic rings. The van der Waals surface area contributed by atoms with Crippen LogP contribution >= 0.6 is 11.8 Å². The van der Waals surface area contributed by atoms with Crippen LogP contribution in [0.5, 0.6) is 0 Å². The highest BCUT2D eigenvalue weighted by molar-refractivity contribution is 7.99. The molecule has 3 rings (SSSR count). The smallest absolute Gasteiger partial charge is 0.230 e. The van der Waals surface area contributed by atoms with Gasteiger partial charge in [0.25, 0.3) is 0 Å². The van der Waals surface area contributed by atoms with E-state index in [0.29, 0.717) is 18.2 Å². The third kappa shape index (κ3) is 6.04. The molecule has 0 spiro atoms. The van der Waals surface area contributed by atoms with E-state index in [0.717, 1.165) is 17.0 Å². The fraction of sp³-hybridized carbons (Fsp3) is 0.292. The molecule has 5 nitrogen and oxygen atoms in total. The number of carbonyl (C=O) groups is 1. The minimum Gasteiger partial charge on any atom is -0.351 e. The van der Waals surface area contributed by atoms with Gasteiger partial charge in [0.15, 0.2) is 11.0 Å². The fourth-order valence-electron chi connectivity index (χ4n) is 3.01. The summed E-state index contributed by atoms with van der Waals surface area (Å²) in [5.74, 6) is 0.531. The van der Waals surface area contributed by atoms with Gasteiger partial charge in [-0.15, -0.1) is 16.8 Å². The number of thioether (sulfide) groups is 1. The van der Waals surface area contributed by atoms with E-state index in [1.54, 1.807) is 18.2 Å². The first kappa shape index (κ1) is 22.7. The minimum absolute atomic E-state index is 0.0790. The van der Waals surface area contributed by atoms with Gasteiger partial charge in [-0.05, 0) is 28.7 Å². The second kappa shape index (κ2) is 9.92. The minimum atomic E-state index is -0.295. The Labute approximate surface area is 186 Å². The number of aromatic nitrogens is 3. The van der Waals surface area contributed by atoms with Crippen LogP contribution in [-0.2, 0) is 23.3 Å². The number of nitrogens with one attached hydrogen (secondary N) is 1. The van der Waals surface area contributed by atoms with Crippen molar-refractivity contribution in [3.63, 3.8) is 0 Å². The van der Waals surface area contributed by atoms with Crippen molar-refractivity contribution in [1.82, 2.24) is 20.1 Å². The largest absolute Gasteiger partial charge is 0.351 e. The number of carbonyl (C=O) groups excluding carboxylic acids is 1. The lowest BCUT2D eigenvalue weighted by molar-refractivity contribution is -0.118. The zero-order chi connectivity index (χ0) is 22.4. The molecule has 1 N–H and O–H groups in total. The zero-order valence-electron chi connectivity index (χ0n) is 18.1. The van der Waals surface area contributed by atoms with Crippen LogP contribution in [0.15, 0.2) is 66.3 Å². The van der Waals surface area contributed by atoms with Crippen molar-refractivity contribution in [2.75, 3.05) is 5.75 Å². The Morgan fingerprint density at radius 2 is 1.81 bits per heavy atom. The molecule has 0 saturated carbocycles. The number of hydrogen-bond acceptors (Lipinski definition) is 4. The first-order chi connectivity index (χ1) is 14.8. The van der Waals surface area contributed by atoms with Crippen LogP contribution in [-0.4, -0.2) is 26.4 Å². The molecular weight excluding hydrogens is 411 g/mol. The van der Waals surface area contributed by atoms with Gasteiger partial charge in [-0.2, -0.15) is 0 Å². The van der Waals surface area contributed by atoms with Crippen molar-refractivity contribution in [3.8, 4) is 11.4 Å². The van der Waals surface area contributed by atoms with E-state index in [-0.39, 0.29) is 22.9 Å². The molecule has 31 heavy (non-hydrogen) atoms. The Balaban J connectivity index is 1.66. The first-order valence-corrected chi connectivity index (χ1v) is 11.1. The molecule has 0 aliphatic carbocycles. The van der Waals surface area contributed by atoms with Gasteiger partial charge < -0.3 is 5.32 Å². The Kier molecular flexibility index (Phi) is 7.28. The summed E-state index contributed by atoms with van der Waals surface area (Å²) in [6.07, 6.45) is 1.79. The predicted molar refractivity (Wildman–Crippen MR) is 123 cm³/mol. The molecule has 2 aromatic carbocycles. The molecule has 7 heteroatoms. The summed E-state index contributed by atoms with van der Waals surface area (Å²) in [5, 5.41) is 12.1. The molecule has 0 radical (unpaired) electrons. The second-order valence-electron chi connectivity index (χ2n) is 8.22. The third-order valence-corrected chi connectivity index (χ3v) is 5.74. The van der Waals surface area contributed by atoms with Crippen LogP contribution in [0.4, 0.5) is 4.39 Å². The van der Waals surface area contributed by atoms with Crippen LogP contribution in [0.2, 0.25) is 0 Å². The lowest BCUT2D eigenvalue weighted by atomic mass is 9.87. The molecule has 162 valence electrons. The lowest BCUT2D eigenvalue weighted by Gasteiger charge is -2.19. The van der Waals surface area contributed by atoms with Crippen LogP contribution in [0.1, 0.15) is 31.9 Å². The van der Waals surface area contributed by atoms with Crippen LogP contribution < -0.4 is 5.32 Å². The summed E-state index contributed by atoms with van der Waals surface area (Å²) in [5.41, 5.74) is 3.14. The highest BCUT2D eigenvalue weighted by atomic mass is 32.2. The molecular formula is C24H27FN4OS. The van der Waals surface area contributed by atoms with Gasteiger partial charge >= 0.3 is 0 Å². The summed E-state index contributed by atoms with van der Waals surface area (Å²) < 4.78 is 14.9. The average Bonchev–Trinajstić information content (AvgIpc) is 3.14. The summed E-state index contributed by atoms with van der Waals surface area (Å²) in [4.78, 5) is 12.3. The number of hydrogen-bond donors (Lipinski definition) is 1. The maximum atomic E-state index is 13.0. The summed E-state index contributed by atoms with van der Waals surface area (Å²) in [6, 6.07) is 14.4. The molecule has 0 atom stereocenters. The lowest BCUT2D eigenvalue weighted by Crippen LogP contribution is -2.24. The zero-order valence-corrected chi connectivity index (χ0v) is 18.9. The van der Waals surface area contributed by atoms with E-state index in [4.69, 9.17) is 0 Å². The van der Waals surface area contributed by atoms with Crippen molar-refractivity contribution >= 4 is 17.7 Å². The highest BCUT2D eigenvalue weighted by Crippen LogP contribution is 2.27. The fourth-order valence-corrected chi connectivity index (χ4v) is 3.78. The number of benzene rings is 2. The second-order valence-corrected chi connectivity index (χ2v) is 9.17. The maximum Gasteiger partial charge on any atom is 0.230 e. The standard InChI is InChI=1S/C24H27FN4OS/c1-5-14-29-22(18-8-10-19(11-9-18)24(2,3)4)27-28-23(29)31-16-21(30)26-15-17-6-12-20(25)13-7-17/h5-13H,1,14-16H2,2-4H3,(H,26,30). The number of halogens is 1. The molecule has 0 fully saturated rings. The van der Waals surface area contributed by atoms with E-state index in [1.165, 1.54) is 29.5 Å². The van der Waals surface area contributed by atoms with Gasteiger partial charge in [-0.25, -0.2) is 4.39 Å². The van der Waals surface area contributed by atoms with Crippen LogP contribution in [0.3, 0.4) is 0 Å². The monoisotopic (exact) mass is 438 g/mol. The molecule has 0 aliphatic rings. The van der Waals surface area contributed by atoms with E-state index in [9.17, 15) is 9.18 Å². The van der Waals surface area contributed by atoms with Crippen molar-refractivity contribution in [3.05, 3.63) is 78.1 Å². The highest BCUT2D eigenvalue weighted by Gasteiger charge is 2.17. The normalized spacial score (nSPS) is 11.4. The van der Waals surface area contributed by atoms with Gasteiger partial charge in [0, 0.05) is 18.7 Å². The van der Waals surface area contributed by atoms with Crippen molar-refractivity contribution in [2.45, 2.75) is 44.4 Å². The van der Waals surface area contributed by atoms with E-state index in [2.05, 4.69) is 55.0 Å². The van der Waals surface area contributed by atoms with E-state index < -0.39 is 0 Å². The predicted octanol–water partition coefficient (Wildman–Crippen LogP) is 4.98. The summed E-state index contributed by atoms with van der Waals surface area (Å²) in [7, 11) is 0. The number of nitrogens with zero attached hydrogens (tertiary/aromatic N) is 3. The Morgan fingerprint density at radius 1 is 1.13 bits per heavy atom. The summed E-state index contributed by atoms with van der Waals surface area (Å²) in [6.45, 7) is 11.3. The number of allylic oxidation sites excluding steroid dienone is 1. The van der Waals surface area contributed by atoms with Crippen molar-refractivity contribution in [1.29, 1.82) is 0 Å². The van der Waals surface area contributed by atoms with Crippen LogP contribution in [0.25, 0.3) is 11.4 Å². The number of rotatable bonds is 8. The number of amides is 1. The van der Waals surface area contributed by atoms with Crippen molar-refractivity contribution < 1.29 is 9.18 Å². The van der Waals surface area contributed by atoms with E-state index in [1.807, 2.05) is 16.7 Å². The molecule has 0 unspecified atom stereocenters. The molecule has 1 heterocycles. The van der Waals surface area contributed by atoms with Gasteiger partial charge in [0.05, 0.1) is 5.75 Å². The average molecular weight is 439 g/mol. The van der Waals surface area contributed by atoms with Crippen LogP contribution in [0, 0.1) is 5.82 Å². The maximum absolute atomic E-state index is 13.0. The quantitative estimate of drug-likeness (QED) is 0.398. The van der Waals surface area contributed by atoms with Gasteiger partial charge in [-0.3, -0.25) is 9.36 Å². The third-order valence-electron chi connectivity index (χ3n) is 4.77. The molecule has 0 aliphatic heterocycles. The van der Waals surface area contributed by atoms with Crippen molar-refractivity contribution in [2.24, 2.45) is 0 Å². The molecule has 0 saturated heterocycles. The first-order valence-electron chi connectivity index (χ1n) is 10.1. The Morgan fingerprint density at radius 3 is 2.42 bits per heavy atom. The topological polar surface area (TPSA) is 59.8 Å². The summed E-state index contributed by atoms with van der Waals surface area (Å²) >= 11 is 1.33. The Hall–Kier alpha value is -2.93. The Bertz CT molecular complexity index is 1040. The SMILES string of the molecule is C=CCn1c(SCC(=O)NCc2ccc(F)cc2)nnc1-c1ccc(C(C)(C)C)cc1. The van der Waals surface area contributed by atoms with Gasteiger partial charge in [0.1, 0.15) is 5.82 Å².